The van der Waals surface area contributed by atoms with Crippen molar-refractivity contribution in [3.8, 4) is 50.2 Å². The third-order valence-electron chi connectivity index (χ3n) is 27.1. The molecule has 18 aromatic rings. The molecule has 0 saturated heterocycles. The monoisotopic (exact) mass is 1590 g/mol. The van der Waals surface area contributed by atoms with E-state index in [0.717, 1.165) is 149 Å². The van der Waals surface area contributed by atoms with Gasteiger partial charge in [0.25, 0.3) is 0 Å². The van der Waals surface area contributed by atoms with E-state index in [9.17, 15) is 0 Å². The van der Waals surface area contributed by atoms with Gasteiger partial charge in [0.15, 0.2) is 5.43 Å². The van der Waals surface area contributed by atoms with Crippen molar-refractivity contribution in [1.82, 2.24) is 4.57 Å². The molecule has 6 heteroatoms. The Bertz CT molecular complexity index is 7040. The van der Waals surface area contributed by atoms with Crippen LogP contribution in [0.1, 0.15) is 83.5 Å². The van der Waals surface area contributed by atoms with Gasteiger partial charge in [-0.15, -0.1) is 0 Å². The van der Waals surface area contributed by atoms with Gasteiger partial charge in [-0.25, -0.2) is 0 Å². The van der Waals surface area contributed by atoms with Gasteiger partial charge in [-0.2, -0.15) is 0 Å². The van der Waals surface area contributed by atoms with Crippen LogP contribution >= 0.6 is 0 Å². The van der Waals surface area contributed by atoms with E-state index in [1.54, 1.807) is 0 Å². The Morgan fingerprint density at radius 3 is 0.750 bits per heavy atom. The van der Waals surface area contributed by atoms with Gasteiger partial charge in [0, 0.05) is 27.2 Å². The van der Waals surface area contributed by atoms with Crippen LogP contribution in [0.2, 0.25) is 0 Å². The van der Waals surface area contributed by atoms with Crippen LogP contribution in [-0.2, 0) is 0 Å². The molecule has 0 aliphatic carbocycles. The normalized spacial score (nSPS) is 11.4. The van der Waals surface area contributed by atoms with E-state index in [4.69, 9.17) is 0 Å². The van der Waals surface area contributed by atoms with Crippen molar-refractivity contribution in [2.75, 3.05) is 0 Å². The smallest absolute Gasteiger partial charge is 0.243 e. The second kappa shape index (κ2) is 34.1. The zero-order valence-corrected chi connectivity index (χ0v) is 74.2. The molecule has 0 spiro atoms. The van der Waals surface area contributed by atoms with Crippen molar-refractivity contribution < 1.29 is 0 Å². The molecule has 0 bridgehead atoms. The summed E-state index contributed by atoms with van der Waals surface area (Å²) in [4.78, 5) is 20.5. The third-order valence-corrected chi connectivity index (χ3v) is 27.1. The minimum atomic E-state index is -0.515. The van der Waals surface area contributed by atoms with Crippen molar-refractivity contribution in [3.63, 3.8) is 0 Å². The molecule has 0 aliphatic rings. The number of aryl methyl sites for hydroxylation is 15. The second-order valence-corrected chi connectivity index (χ2v) is 35.2. The maximum absolute atomic E-state index is 20.5. The summed E-state index contributed by atoms with van der Waals surface area (Å²) in [5.74, 6) is 0. The van der Waals surface area contributed by atoms with Crippen molar-refractivity contribution in [3.05, 3.63) is 446 Å². The van der Waals surface area contributed by atoms with E-state index in [0.29, 0.717) is 10.8 Å². The Hall–Kier alpha value is -13.5. The highest BCUT2D eigenvalue weighted by Crippen LogP contribution is 2.39. The van der Waals surface area contributed by atoms with Crippen molar-refractivity contribution in [2.45, 2.75) is 104 Å². The van der Waals surface area contributed by atoms with E-state index >= 15 is 4.79 Å². The van der Waals surface area contributed by atoms with Crippen LogP contribution in [0.4, 0.5) is 0 Å². The molecule has 0 atom stereocenters. The summed E-state index contributed by atoms with van der Waals surface area (Å²) < 4.78 is 2.61. The second-order valence-electron chi connectivity index (χ2n) is 35.2. The summed E-state index contributed by atoms with van der Waals surface area (Å²) in [6, 6.07) is 132. The number of nitrogens with zero attached hydrogens (tertiary/aromatic N) is 1. The molecular weight excluding hydrogens is 1490 g/mol. The molecule has 598 valence electrons. The highest BCUT2D eigenvalue weighted by Gasteiger charge is 2.39. The highest BCUT2D eigenvalue weighted by atomic mass is 16.1. The fourth-order valence-electron chi connectivity index (χ4n) is 21.3. The Kier molecular flexibility index (Phi) is 22.4. The molecular formula is C118H103B4NO. The summed E-state index contributed by atoms with van der Waals surface area (Å²) in [6.07, 6.45) is 0. The molecule has 0 radical (unpaired) electrons. The van der Waals surface area contributed by atoms with Crippen LogP contribution in [0.3, 0.4) is 0 Å². The SMILES string of the molecule is Cc1ccccc1B(c1c(C)cccc1C)c1cc(B(c2c(C)cccc2C)c2c(C)cccc2C)cc2c1c(=O)c1c(B(c3c(C)cccc3C)c3c(C)cccc3C)cc(B(c3c(C)cccc3C)c3c(C)cccc3C)cc1c1cc(-c3ccccc3)ccc1n(-c1cc(-c3ccccc3)cc(-c3ccccc3)c1)c1ccc(-c3ccccc3)cc21. The van der Waals surface area contributed by atoms with Crippen LogP contribution in [0.15, 0.2) is 357 Å². The zero-order valence-electron chi connectivity index (χ0n) is 74.2. The van der Waals surface area contributed by atoms with Gasteiger partial charge in [-0.05, 0) is 202 Å². The van der Waals surface area contributed by atoms with E-state index < -0.39 is 13.4 Å². The quantitative estimate of drug-likeness (QED) is 0.0833. The van der Waals surface area contributed by atoms with Crippen LogP contribution in [0, 0.1) is 104 Å². The van der Waals surface area contributed by atoms with Crippen LogP contribution in [0.25, 0.3) is 93.5 Å². The van der Waals surface area contributed by atoms with E-state index in [1.807, 2.05) is 0 Å². The van der Waals surface area contributed by atoms with Gasteiger partial charge in [0.2, 0.25) is 26.9 Å². The molecule has 0 aliphatic heterocycles. The van der Waals surface area contributed by atoms with Crippen molar-refractivity contribution in [1.29, 1.82) is 0 Å². The lowest BCUT2D eigenvalue weighted by Gasteiger charge is -2.29. The maximum Gasteiger partial charge on any atom is 0.243 e. The van der Waals surface area contributed by atoms with Crippen molar-refractivity contribution in [2.24, 2.45) is 0 Å². The Balaban J connectivity index is 1.25. The zero-order chi connectivity index (χ0) is 85.9. The number of rotatable bonds is 17. The number of hydrogen-bond acceptors (Lipinski definition) is 1. The molecule has 0 unspecified atom stereocenters. The van der Waals surface area contributed by atoms with E-state index in [2.05, 4.69) is 460 Å². The lowest BCUT2D eigenvalue weighted by molar-refractivity contribution is 1.17. The number of benzene rings is 17. The van der Waals surface area contributed by atoms with Gasteiger partial charge >= 0.3 is 0 Å². The molecule has 0 amide bonds. The van der Waals surface area contributed by atoms with Crippen molar-refractivity contribution >= 4 is 136 Å². The minimum Gasteiger partial charge on any atom is -0.309 e. The number of fused-ring (bicyclic) bond motifs is 6. The predicted molar refractivity (Wildman–Crippen MR) is 543 cm³/mol. The van der Waals surface area contributed by atoms with Gasteiger partial charge in [0.1, 0.15) is 0 Å². The Morgan fingerprint density at radius 1 is 0.185 bits per heavy atom. The minimum absolute atomic E-state index is 0.0511. The Morgan fingerprint density at radius 2 is 0.444 bits per heavy atom. The van der Waals surface area contributed by atoms with Crippen LogP contribution in [0.5, 0.6) is 0 Å². The summed E-state index contributed by atoms with van der Waals surface area (Å²) in [7, 11) is 0. The first-order chi connectivity index (χ1) is 60.2. The Labute approximate surface area is 734 Å². The maximum atomic E-state index is 20.5. The average molecular weight is 1590 g/mol. The lowest BCUT2D eigenvalue weighted by Crippen LogP contribution is -2.60. The standard InChI is InChI=1S/C118H103B4NO/c1-74-37-28-29-60-104(74)121(115-83(10)46-34-47-84(115)11)105-72-97(119(111-75(2)38-30-39-76(111)3)112-77(4)40-31-41-78(112)5)70-102-100-68-93(89-52-20-16-21-53-89)61-63-107(100)123(99-66-95(91-56-24-18-25-57-91)65-96(67-99)92-58-26-19-27-59-92)108-64-62-94(90-54-22-17-23-55-90)69-101(108)103-71-98(120(113-79(6)42-32-43-80(113)7)114-81(8)44-33-45-82(114)9)73-106(110(103)118(124)109(102)105)122(116-85(12)48-35-49-86(116)13)117-87(14)50-36-51-88(117)15/h16-73H,1-15H3. The predicted octanol–water partition coefficient (Wildman–Crippen LogP) is 20.9. The highest BCUT2D eigenvalue weighted by molar-refractivity contribution is 7.01. The molecule has 0 N–H and O–H groups in total. The molecule has 1 heterocycles. The summed E-state index contributed by atoms with van der Waals surface area (Å²) in [6.45, 7) is 32.8. The molecule has 0 saturated carbocycles. The molecule has 124 heavy (non-hydrogen) atoms. The number of aromatic nitrogens is 1. The molecule has 1 aromatic heterocycles. The summed E-state index contributed by atoms with van der Waals surface area (Å²) >= 11 is 0. The van der Waals surface area contributed by atoms with Crippen LogP contribution < -0.4 is 71.0 Å². The number of hydrogen-bond donors (Lipinski definition) is 0. The third kappa shape index (κ3) is 15.0. The van der Waals surface area contributed by atoms with Gasteiger partial charge in [-0.1, -0.05) is 458 Å². The largest absolute Gasteiger partial charge is 0.309 e. The van der Waals surface area contributed by atoms with Gasteiger partial charge in [-0.3, -0.25) is 4.79 Å². The van der Waals surface area contributed by atoms with Gasteiger partial charge < -0.3 is 4.57 Å². The summed E-state index contributed by atoms with van der Waals surface area (Å²) in [5.41, 5.74) is 42.6. The first-order valence-electron chi connectivity index (χ1n) is 44.0. The first kappa shape index (κ1) is 81.5. The fourth-order valence-corrected chi connectivity index (χ4v) is 21.3. The molecule has 2 nitrogen and oxygen atoms in total. The fraction of sp³-hybridized carbons (Fsp3) is 0.127. The van der Waals surface area contributed by atoms with Gasteiger partial charge in [0.05, 0.1) is 11.0 Å². The van der Waals surface area contributed by atoms with E-state index in [1.165, 1.54) is 82.7 Å². The topological polar surface area (TPSA) is 22.0 Å². The average Bonchev–Trinajstić information content (AvgIpc) is 0.706. The first-order valence-corrected chi connectivity index (χ1v) is 44.0. The summed E-state index contributed by atoms with van der Waals surface area (Å²) in [5, 5.41) is 4.82. The molecule has 18 rings (SSSR count). The molecule has 0 fully saturated rings. The lowest BCUT2D eigenvalue weighted by atomic mass is 9.30. The van der Waals surface area contributed by atoms with E-state index in [-0.39, 0.29) is 18.9 Å². The molecule has 17 aromatic carbocycles. The van der Waals surface area contributed by atoms with Crippen LogP contribution in [-0.4, -0.2) is 31.4 Å².